The average molecular weight is 314 g/mol. The van der Waals surface area contributed by atoms with Crippen molar-refractivity contribution in [2.45, 2.75) is 39.3 Å². The fourth-order valence-corrected chi connectivity index (χ4v) is 2.15. The summed E-state index contributed by atoms with van der Waals surface area (Å²) in [7, 11) is 0. The third kappa shape index (κ3) is 3.80. The summed E-state index contributed by atoms with van der Waals surface area (Å²) in [5.41, 5.74) is 0.641. The maximum absolute atomic E-state index is 13.4. The van der Waals surface area contributed by atoms with Crippen LogP contribution in [0.25, 0.3) is 5.69 Å². The van der Waals surface area contributed by atoms with E-state index in [-0.39, 0.29) is 11.2 Å². The van der Waals surface area contributed by atoms with Gasteiger partial charge in [0, 0.05) is 17.6 Å². The number of hydrogen-bond acceptors (Lipinski definition) is 2. The molecule has 0 fully saturated rings. The first kappa shape index (κ1) is 15.9. The Balaban J connectivity index is 2.40. The van der Waals surface area contributed by atoms with E-state index in [1.165, 1.54) is 10.9 Å². The van der Waals surface area contributed by atoms with Crippen molar-refractivity contribution in [2.75, 3.05) is 0 Å². The molecule has 0 radical (unpaired) electrons. The van der Waals surface area contributed by atoms with Crippen molar-refractivity contribution >= 4 is 11.6 Å². The minimum Gasteiger partial charge on any atom is -0.308 e. The van der Waals surface area contributed by atoms with Gasteiger partial charge in [0.25, 0.3) is 6.43 Å². The Morgan fingerprint density at radius 3 is 2.52 bits per heavy atom. The summed E-state index contributed by atoms with van der Waals surface area (Å²) >= 11 is 6.07. The predicted octanol–water partition coefficient (Wildman–Crippen LogP) is 4.35. The van der Waals surface area contributed by atoms with Crippen LogP contribution >= 0.6 is 11.6 Å². The first-order valence-electron chi connectivity index (χ1n) is 6.64. The lowest BCUT2D eigenvalue weighted by molar-refractivity contribution is 0.141. The molecule has 2 aromatic rings. The summed E-state index contributed by atoms with van der Waals surface area (Å²) in [4.78, 5) is 0. The molecule has 3 nitrogen and oxygen atoms in total. The Bertz CT molecular complexity index is 618. The SMILES string of the molecule is CC(C)(C)NCc1cnn(-c2ccccc2Cl)c1C(F)F. The molecule has 0 aliphatic carbocycles. The van der Waals surface area contributed by atoms with E-state index >= 15 is 0 Å². The number of benzene rings is 1. The van der Waals surface area contributed by atoms with Gasteiger partial charge in [-0.2, -0.15) is 5.10 Å². The second-order valence-corrected chi connectivity index (χ2v) is 6.23. The molecule has 6 heteroatoms. The molecule has 21 heavy (non-hydrogen) atoms. The molecular weight excluding hydrogens is 296 g/mol. The van der Waals surface area contributed by atoms with Crippen LogP contribution in [0.15, 0.2) is 30.5 Å². The summed E-state index contributed by atoms with van der Waals surface area (Å²) in [5, 5.41) is 7.66. The summed E-state index contributed by atoms with van der Waals surface area (Å²) in [5.74, 6) is 0. The summed E-state index contributed by atoms with van der Waals surface area (Å²) in [6, 6.07) is 6.81. The molecule has 0 aliphatic rings. The molecule has 1 aromatic heterocycles. The lowest BCUT2D eigenvalue weighted by Gasteiger charge is -2.20. The molecule has 2 rings (SSSR count). The lowest BCUT2D eigenvalue weighted by atomic mass is 10.1. The molecule has 0 saturated carbocycles. The number of hydrogen-bond donors (Lipinski definition) is 1. The minimum atomic E-state index is -2.62. The van der Waals surface area contributed by atoms with Gasteiger partial charge in [-0.15, -0.1) is 0 Å². The molecule has 1 N–H and O–H groups in total. The van der Waals surface area contributed by atoms with Gasteiger partial charge in [-0.1, -0.05) is 23.7 Å². The Labute approximate surface area is 127 Å². The fourth-order valence-electron chi connectivity index (χ4n) is 1.94. The highest BCUT2D eigenvalue weighted by Crippen LogP contribution is 2.29. The highest BCUT2D eigenvalue weighted by atomic mass is 35.5. The van der Waals surface area contributed by atoms with Gasteiger partial charge in [-0.05, 0) is 32.9 Å². The molecule has 0 aliphatic heterocycles. The zero-order valence-corrected chi connectivity index (χ0v) is 13.0. The zero-order valence-electron chi connectivity index (χ0n) is 12.2. The smallest absolute Gasteiger partial charge is 0.280 e. The molecule has 114 valence electrons. The number of para-hydroxylation sites is 1. The highest BCUT2D eigenvalue weighted by molar-refractivity contribution is 6.32. The van der Waals surface area contributed by atoms with Crippen molar-refractivity contribution in [1.29, 1.82) is 0 Å². The molecule has 1 heterocycles. The van der Waals surface area contributed by atoms with E-state index in [0.29, 0.717) is 22.8 Å². The Kier molecular flexibility index (Phi) is 4.64. The van der Waals surface area contributed by atoms with Crippen LogP contribution < -0.4 is 5.32 Å². The van der Waals surface area contributed by atoms with Gasteiger partial charge in [0.1, 0.15) is 5.69 Å². The quantitative estimate of drug-likeness (QED) is 0.909. The molecule has 0 amide bonds. The zero-order chi connectivity index (χ0) is 15.6. The van der Waals surface area contributed by atoms with Crippen LogP contribution in [0, 0.1) is 0 Å². The van der Waals surface area contributed by atoms with Gasteiger partial charge in [-0.3, -0.25) is 0 Å². The van der Waals surface area contributed by atoms with E-state index < -0.39 is 6.43 Å². The van der Waals surface area contributed by atoms with Crippen molar-refractivity contribution in [3.63, 3.8) is 0 Å². The third-order valence-corrected chi connectivity index (χ3v) is 3.30. The van der Waals surface area contributed by atoms with E-state index in [9.17, 15) is 8.78 Å². The summed E-state index contributed by atoms with van der Waals surface area (Å²) < 4.78 is 28.1. The molecule has 0 spiro atoms. The van der Waals surface area contributed by atoms with Crippen molar-refractivity contribution in [3.05, 3.63) is 46.7 Å². The van der Waals surface area contributed by atoms with Crippen LogP contribution in [-0.2, 0) is 6.54 Å². The normalized spacial score (nSPS) is 12.1. The van der Waals surface area contributed by atoms with Crippen LogP contribution in [0.2, 0.25) is 5.02 Å². The number of aromatic nitrogens is 2. The fraction of sp³-hybridized carbons (Fsp3) is 0.400. The molecule has 1 aromatic carbocycles. The molecule has 0 unspecified atom stereocenters. The van der Waals surface area contributed by atoms with Gasteiger partial charge in [0.05, 0.1) is 16.9 Å². The standard InChI is InChI=1S/C15H18ClF2N3/c1-15(2,3)19-8-10-9-20-21(13(10)14(17)18)12-7-5-4-6-11(12)16/h4-7,9,14,19H,8H2,1-3H3. The van der Waals surface area contributed by atoms with Gasteiger partial charge < -0.3 is 5.32 Å². The van der Waals surface area contributed by atoms with Crippen molar-refractivity contribution in [1.82, 2.24) is 15.1 Å². The number of halogens is 3. The molecule has 0 bridgehead atoms. The van der Waals surface area contributed by atoms with Crippen molar-refractivity contribution in [3.8, 4) is 5.69 Å². The van der Waals surface area contributed by atoms with E-state index in [1.807, 2.05) is 20.8 Å². The van der Waals surface area contributed by atoms with Crippen LogP contribution in [0.3, 0.4) is 0 Å². The van der Waals surface area contributed by atoms with E-state index in [0.717, 1.165) is 0 Å². The monoisotopic (exact) mass is 313 g/mol. The minimum absolute atomic E-state index is 0.125. The summed E-state index contributed by atoms with van der Waals surface area (Å²) in [6.07, 6.45) is -1.16. The average Bonchev–Trinajstić information content (AvgIpc) is 2.80. The van der Waals surface area contributed by atoms with Crippen LogP contribution in [-0.4, -0.2) is 15.3 Å². The van der Waals surface area contributed by atoms with E-state index in [2.05, 4.69) is 10.4 Å². The van der Waals surface area contributed by atoms with Gasteiger partial charge in [-0.25, -0.2) is 13.5 Å². The van der Waals surface area contributed by atoms with Crippen LogP contribution in [0.5, 0.6) is 0 Å². The van der Waals surface area contributed by atoms with Crippen LogP contribution in [0.1, 0.15) is 38.5 Å². The number of rotatable bonds is 4. The maximum Gasteiger partial charge on any atom is 0.280 e. The second kappa shape index (κ2) is 6.12. The highest BCUT2D eigenvalue weighted by Gasteiger charge is 2.22. The van der Waals surface area contributed by atoms with E-state index in [1.54, 1.807) is 24.3 Å². The number of nitrogens with zero attached hydrogens (tertiary/aromatic N) is 2. The molecular formula is C15H18ClF2N3. The van der Waals surface area contributed by atoms with Gasteiger partial charge in [0.2, 0.25) is 0 Å². The van der Waals surface area contributed by atoms with Gasteiger partial charge in [0.15, 0.2) is 0 Å². The second-order valence-electron chi connectivity index (χ2n) is 5.82. The largest absolute Gasteiger partial charge is 0.308 e. The maximum atomic E-state index is 13.4. The number of nitrogens with one attached hydrogen (secondary N) is 1. The molecule has 0 saturated heterocycles. The van der Waals surface area contributed by atoms with Gasteiger partial charge >= 0.3 is 0 Å². The van der Waals surface area contributed by atoms with Crippen molar-refractivity contribution < 1.29 is 8.78 Å². The van der Waals surface area contributed by atoms with Crippen molar-refractivity contribution in [2.24, 2.45) is 0 Å². The van der Waals surface area contributed by atoms with Crippen LogP contribution in [0.4, 0.5) is 8.78 Å². The Morgan fingerprint density at radius 2 is 1.95 bits per heavy atom. The molecule has 0 atom stereocenters. The Hall–Kier alpha value is -1.46. The van der Waals surface area contributed by atoms with E-state index in [4.69, 9.17) is 11.6 Å². The first-order valence-corrected chi connectivity index (χ1v) is 7.02. The third-order valence-electron chi connectivity index (χ3n) is 2.98. The number of alkyl halides is 2. The predicted molar refractivity (Wildman–Crippen MR) is 80.1 cm³/mol. The Morgan fingerprint density at radius 1 is 1.29 bits per heavy atom. The summed E-state index contributed by atoms with van der Waals surface area (Å²) in [6.45, 7) is 6.27. The first-order chi connectivity index (χ1) is 9.79. The topological polar surface area (TPSA) is 29.9 Å². The lowest BCUT2D eigenvalue weighted by Crippen LogP contribution is -2.35.